The SMILES string of the molecule is Br.Br.Br.c1cc2nc3ccc(=[N+]4CCNCC4)cc-3sc2cc1N1CCNCC1. The normalized spacial score (nSPS) is 16.7. The van der Waals surface area contributed by atoms with Gasteiger partial charge >= 0.3 is 0 Å². The quantitative estimate of drug-likeness (QED) is 0.330. The van der Waals surface area contributed by atoms with Gasteiger partial charge in [-0.1, -0.05) is 0 Å². The molecule has 2 fully saturated rings. The monoisotopic (exact) mass is 606 g/mol. The van der Waals surface area contributed by atoms with Crippen LogP contribution in [0.1, 0.15) is 0 Å². The van der Waals surface area contributed by atoms with E-state index in [9.17, 15) is 0 Å². The van der Waals surface area contributed by atoms with Crippen molar-refractivity contribution >= 4 is 78.2 Å². The van der Waals surface area contributed by atoms with Crippen molar-refractivity contribution in [1.29, 1.82) is 0 Å². The van der Waals surface area contributed by atoms with E-state index < -0.39 is 0 Å². The first-order chi connectivity index (χ1) is 12.9. The molecule has 5 rings (SSSR count). The number of aromatic nitrogens is 1. The molecule has 1 aromatic rings. The zero-order chi connectivity index (χ0) is 17.3. The lowest BCUT2D eigenvalue weighted by molar-refractivity contribution is 0.467. The molecule has 3 heterocycles. The number of hydrogen-bond donors (Lipinski definition) is 2. The van der Waals surface area contributed by atoms with Crippen LogP contribution < -0.4 is 25.5 Å². The number of nitrogens with zero attached hydrogens (tertiary/aromatic N) is 3. The summed E-state index contributed by atoms with van der Waals surface area (Å²) in [6.45, 7) is 8.54. The molecule has 29 heavy (non-hydrogen) atoms. The van der Waals surface area contributed by atoms with Crippen LogP contribution in [0.3, 0.4) is 0 Å². The van der Waals surface area contributed by atoms with Crippen LogP contribution in [0.5, 0.6) is 0 Å². The molecule has 5 nitrogen and oxygen atoms in total. The van der Waals surface area contributed by atoms with Crippen LogP contribution in [-0.2, 0) is 0 Å². The van der Waals surface area contributed by atoms with Crippen molar-refractivity contribution in [3.05, 3.63) is 41.8 Å². The predicted molar refractivity (Wildman–Crippen MR) is 140 cm³/mol. The van der Waals surface area contributed by atoms with Gasteiger partial charge < -0.3 is 15.5 Å². The summed E-state index contributed by atoms with van der Waals surface area (Å²) in [5.74, 6) is 0. The fourth-order valence-electron chi connectivity index (χ4n) is 3.84. The van der Waals surface area contributed by atoms with Crippen LogP contribution in [0.15, 0.2) is 36.4 Å². The zero-order valence-corrected chi connectivity index (χ0v) is 22.1. The molecule has 158 valence electrons. The molecular formula is C20H27Br3N5S+. The predicted octanol–water partition coefficient (Wildman–Crippen LogP) is 2.92. The second-order valence-electron chi connectivity index (χ2n) is 6.99. The van der Waals surface area contributed by atoms with Gasteiger partial charge in [-0.25, -0.2) is 9.56 Å². The molecule has 4 aliphatic rings. The van der Waals surface area contributed by atoms with Gasteiger partial charge in [0.05, 0.1) is 33.9 Å². The molecular weight excluding hydrogens is 582 g/mol. The Morgan fingerprint density at radius 1 is 0.862 bits per heavy atom. The maximum absolute atomic E-state index is 4.90. The smallest absolute Gasteiger partial charge is 0.201 e. The Labute approximate surface area is 206 Å². The molecule has 0 unspecified atom stereocenters. The second kappa shape index (κ2) is 11.2. The van der Waals surface area contributed by atoms with Crippen LogP contribution in [0.4, 0.5) is 5.69 Å². The molecule has 2 saturated heterocycles. The summed E-state index contributed by atoms with van der Waals surface area (Å²) < 4.78 is 3.73. The highest BCUT2D eigenvalue weighted by molar-refractivity contribution is 8.93. The van der Waals surface area contributed by atoms with E-state index in [1.54, 1.807) is 0 Å². The van der Waals surface area contributed by atoms with Gasteiger partial charge in [0.15, 0.2) is 13.1 Å². The number of anilines is 1. The summed E-state index contributed by atoms with van der Waals surface area (Å²) >= 11 is 1.86. The number of benzene rings is 2. The molecule has 0 radical (unpaired) electrons. The number of halogens is 3. The number of hydrogen-bond acceptors (Lipinski definition) is 5. The summed E-state index contributed by atoms with van der Waals surface area (Å²) in [7, 11) is 0. The highest BCUT2D eigenvalue weighted by Gasteiger charge is 2.15. The van der Waals surface area contributed by atoms with E-state index in [0.29, 0.717) is 0 Å². The Bertz CT molecular complexity index is 979. The minimum absolute atomic E-state index is 0. The van der Waals surface area contributed by atoms with Crippen molar-refractivity contribution in [2.45, 2.75) is 0 Å². The van der Waals surface area contributed by atoms with Crippen LogP contribution in [0, 0.1) is 0 Å². The van der Waals surface area contributed by atoms with E-state index in [-0.39, 0.29) is 50.9 Å². The molecule has 0 saturated carbocycles. The highest BCUT2D eigenvalue weighted by Crippen LogP contribution is 2.31. The average Bonchev–Trinajstić information content (AvgIpc) is 2.73. The standard InChI is InChI=1S/C20H24N5S.3BrH/c1-3-17-19(13-15(1)24-9-5-21-6-10-24)26-20-14-16(2-4-18(20)23-17)25-11-7-22-8-12-25;;;/h1-4,13-14,21-22H,5-12H2;3*1H/q+1;;;. The Morgan fingerprint density at radius 2 is 1.59 bits per heavy atom. The molecule has 1 aromatic carbocycles. The van der Waals surface area contributed by atoms with Crippen molar-refractivity contribution < 1.29 is 0 Å². The van der Waals surface area contributed by atoms with Crippen molar-refractivity contribution in [2.75, 3.05) is 57.3 Å². The van der Waals surface area contributed by atoms with E-state index in [4.69, 9.17) is 4.98 Å². The largest absolute Gasteiger partial charge is 0.369 e. The molecule has 0 spiro atoms. The highest BCUT2D eigenvalue weighted by atomic mass is 79.9. The number of nitrogens with one attached hydrogen (secondary N) is 2. The fraction of sp³-hybridized carbons (Fsp3) is 0.400. The molecule has 9 heteroatoms. The van der Waals surface area contributed by atoms with Crippen molar-refractivity contribution in [1.82, 2.24) is 20.2 Å². The Kier molecular flexibility index (Phi) is 9.50. The van der Waals surface area contributed by atoms with E-state index in [1.165, 1.54) is 20.6 Å². The Hall–Kier alpha value is -0.580. The average molecular weight is 609 g/mol. The minimum atomic E-state index is 0. The van der Waals surface area contributed by atoms with E-state index in [0.717, 1.165) is 63.6 Å². The van der Waals surface area contributed by atoms with Gasteiger partial charge in [0, 0.05) is 44.0 Å². The third kappa shape index (κ3) is 5.37. The first-order valence-corrected chi connectivity index (χ1v) is 10.3. The zero-order valence-electron chi connectivity index (χ0n) is 16.1. The summed E-state index contributed by atoms with van der Waals surface area (Å²) in [5.41, 5.74) is 3.50. The van der Waals surface area contributed by atoms with Gasteiger partial charge in [-0.3, -0.25) is 0 Å². The van der Waals surface area contributed by atoms with Crippen LogP contribution in [0.25, 0.3) is 20.8 Å². The van der Waals surface area contributed by atoms with Crippen LogP contribution >= 0.6 is 62.3 Å². The summed E-state index contributed by atoms with van der Waals surface area (Å²) in [4.78, 5) is 8.63. The van der Waals surface area contributed by atoms with Crippen LogP contribution in [-0.4, -0.2) is 57.3 Å². The first-order valence-electron chi connectivity index (χ1n) is 9.46. The molecule has 2 N–H and O–H groups in total. The molecule has 1 aliphatic carbocycles. The maximum atomic E-state index is 4.90. The lowest BCUT2D eigenvalue weighted by Crippen LogP contribution is -2.45. The van der Waals surface area contributed by atoms with Crippen molar-refractivity contribution in [3.63, 3.8) is 0 Å². The lowest BCUT2D eigenvalue weighted by Gasteiger charge is -2.29. The van der Waals surface area contributed by atoms with Gasteiger partial charge in [-0.2, -0.15) is 0 Å². The Morgan fingerprint density at radius 3 is 2.34 bits per heavy atom. The summed E-state index contributed by atoms with van der Waals surface area (Å²) in [6.07, 6.45) is 0. The van der Waals surface area contributed by atoms with Crippen LogP contribution in [0.2, 0.25) is 0 Å². The number of piperazine rings is 2. The summed E-state index contributed by atoms with van der Waals surface area (Å²) in [6, 6.07) is 13.4. The second-order valence-corrected chi connectivity index (χ2v) is 8.08. The fourth-order valence-corrected chi connectivity index (χ4v) is 4.87. The molecule has 3 aliphatic heterocycles. The van der Waals surface area contributed by atoms with Gasteiger partial charge in [-0.15, -0.1) is 62.3 Å². The third-order valence-electron chi connectivity index (χ3n) is 5.31. The minimum Gasteiger partial charge on any atom is -0.369 e. The van der Waals surface area contributed by atoms with Gasteiger partial charge in [0.1, 0.15) is 0 Å². The maximum Gasteiger partial charge on any atom is 0.201 e. The molecule has 0 atom stereocenters. The third-order valence-corrected chi connectivity index (χ3v) is 6.41. The number of rotatable bonds is 1. The lowest BCUT2D eigenvalue weighted by atomic mass is 10.2. The Balaban J connectivity index is 0.000001000. The van der Waals surface area contributed by atoms with Gasteiger partial charge in [-0.05, 0) is 24.3 Å². The number of fused-ring (bicyclic) bond motifs is 2. The summed E-state index contributed by atoms with van der Waals surface area (Å²) in [5, 5.41) is 8.16. The first kappa shape index (κ1) is 24.7. The van der Waals surface area contributed by atoms with Crippen molar-refractivity contribution in [2.24, 2.45) is 0 Å². The van der Waals surface area contributed by atoms with Gasteiger partial charge in [0.2, 0.25) is 5.36 Å². The van der Waals surface area contributed by atoms with E-state index in [2.05, 4.69) is 56.5 Å². The molecule has 0 aromatic heterocycles. The van der Waals surface area contributed by atoms with E-state index >= 15 is 0 Å². The topological polar surface area (TPSA) is 43.2 Å². The van der Waals surface area contributed by atoms with Crippen molar-refractivity contribution in [3.8, 4) is 10.6 Å². The van der Waals surface area contributed by atoms with E-state index in [1.807, 2.05) is 11.3 Å². The molecule has 0 amide bonds. The molecule has 0 bridgehead atoms. The van der Waals surface area contributed by atoms with Gasteiger partial charge in [0.25, 0.3) is 0 Å².